The molecule has 0 radical (unpaired) electrons. The number of halogens is 1. The van der Waals surface area contributed by atoms with Crippen molar-refractivity contribution in [3.05, 3.63) is 69.3 Å². The van der Waals surface area contributed by atoms with Crippen LogP contribution >= 0.6 is 11.6 Å². The first-order valence-corrected chi connectivity index (χ1v) is 6.89. The lowest BCUT2D eigenvalue weighted by Gasteiger charge is -2.05. The Balaban J connectivity index is 2.12. The topological polar surface area (TPSA) is 56.5 Å². The predicted molar refractivity (Wildman–Crippen MR) is 84.3 cm³/mol. The Morgan fingerprint density at radius 1 is 1.14 bits per heavy atom. The maximum atomic E-state index is 12.2. The molecule has 1 aromatic heterocycles. The van der Waals surface area contributed by atoms with Crippen molar-refractivity contribution < 1.29 is 13.9 Å². The summed E-state index contributed by atoms with van der Waals surface area (Å²) in [7, 11) is 1.32. The van der Waals surface area contributed by atoms with Crippen LogP contribution in [0.2, 0.25) is 5.02 Å². The van der Waals surface area contributed by atoms with Crippen LogP contribution in [0, 0.1) is 0 Å². The van der Waals surface area contributed by atoms with Crippen molar-refractivity contribution >= 4 is 28.5 Å². The van der Waals surface area contributed by atoms with Gasteiger partial charge in [-0.3, -0.25) is 4.79 Å². The third-order valence-electron chi connectivity index (χ3n) is 3.30. The molecule has 3 aromatic rings. The van der Waals surface area contributed by atoms with Crippen LogP contribution in [-0.4, -0.2) is 13.1 Å². The number of methoxy groups -OCH3 is 1. The third kappa shape index (κ3) is 2.49. The summed E-state index contributed by atoms with van der Waals surface area (Å²) in [6, 6.07) is 13.0. The van der Waals surface area contributed by atoms with E-state index in [0.717, 1.165) is 0 Å². The average molecular weight is 315 g/mol. The number of hydrogen-bond acceptors (Lipinski definition) is 4. The number of esters is 1. The van der Waals surface area contributed by atoms with Gasteiger partial charge in [0.25, 0.3) is 0 Å². The smallest absolute Gasteiger partial charge is 0.337 e. The molecule has 5 heteroatoms. The largest absolute Gasteiger partial charge is 0.465 e. The Bertz CT molecular complexity index is 910. The van der Waals surface area contributed by atoms with E-state index in [0.29, 0.717) is 32.9 Å². The first kappa shape index (κ1) is 14.4. The van der Waals surface area contributed by atoms with Crippen LogP contribution in [0.25, 0.3) is 22.3 Å². The summed E-state index contributed by atoms with van der Waals surface area (Å²) in [5.74, 6) is -0.0309. The van der Waals surface area contributed by atoms with Gasteiger partial charge in [-0.25, -0.2) is 4.79 Å². The average Bonchev–Trinajstić information content (AvgIpc) is 2.55. The zero-order chi connectivity index (χ0) is 15.7. The third-order valence-corrected chi connectivity index (χ3v) is 3.59. The lowest BCUT2D eigenvalue weighted by Crippen LogP contribution is -2.02. The van der Waals surface area contributed by atoms with E-state index in [1.807, 2.05) is 0 Å². The SMILES string of the molecule is COC(=O)c1ccc(-c2cc(=O)c3cccc(Cl)c3o2)cc1. The van der Waals surface area contributed by atoms with Gasteiger partial charge in [-0.15, -0.1) is 0 Å². The van der Waals surface area contributed by atoms with Crippen molar-refractivity contribution in [3.63, 3.8) is 0 Å². The van der Waals surface area contributed by atoms with Crippen molar-refractivity contribution in [2.75, 3.05) is 7.11 Å². The van der Waals surface area contributed by atoms with E-state index in [9.17, 15) is 9.59 Å². The number of para-hydroxylation sites is 1. The molecule has 1 heterocycles. The molecule has 0 saturated carbocycles. The van der Waals surface area contributed by atoms with Gasteiger partial charge < -0.3 is 9.15 Å². The van der Waals surface area contributed by atoms with Crippen LogP contribution < -0.4 is 5.43 Å². The molecule has 4 nitrogen and oxygen atoms in total. The zero-order valence-electron chi connectivity index (χ0n) is 11.6. The Labute approximate surface area is 130 Å². The molecule has 110 valence electrons. The minimum atomic E-state index is -0.422. The summed E-state index contributed by atoms with van der Waals surface area (Å²) < 4.78 is 10.4. The van der Waals surface area contributed by atoms with Crippen molar-refractivity contribution in [1.29, 1.82) is 0 Å². The number of carbonyl (C=O) groups is 1. The van der Waals surface area contributed by atoms with Gasteiger partial charge in [0.2, 0.25) is 0 Å². The zero-order valence-corrected chi connectivity index (χ0v) is 12.4. The molecule has 0 N–H and O–H groups in total. The van der Waals surface area contributed by atoms with Gasteiger partial charge in [-0.05, 0) is 24.3 Å². The van der Waals surface area contributed by atoms with Crippen molar-refractivity contribution in [2.24, 2.45) is 0 Å². The van der Waals surface area contributed by atoms with Gasteiger partial charge in [-0.2, -0.15) is 0 Å². The Hall–Kier alpha value is -2.59. The number of benzene rings is 2. The quantitative estimate of drug-likeness (QED) is 0.673. The van der Waals surface area contributed by atoms with Crippen LogP contribution in [0.1, 0.15) is 10.4 Å². The molecule has 0 aliphatic heterocycles. The maximum absolute atomic E-state index is 12.2. The highest BCUT2D eigenvalue weighted by Gasteiger charge is 2.10. The van der Waals surface area contributed by atoms with Crippen molar-refractivity contribution in [2.45, 2.75) is 0 Å². The van der Waals surface area contributed by atoms with E-state index < -0.39 is 5.97 Å². The summed E-state index contributed by atoms with van der Waals surface area (Å²) in [6.07, 6.45) is 0. The second-order valence-corrected chi connectivity index (χ2v) is 5.07. The Morgan fingerprint density at radius 3 is 2.55 bits per heavy atom. The lowest BCUT2D eigenvalue weighted by atomic mass is 10.1. The highest BCUT2D eigenvalue weighted by Crippen LogP contribution is 2.27. The Morgan fingerprint density at radius 2 is 1.86 bits per heavy atom. The van der Waals surface area contributed by atoms with E-state index in [1.165, 1.54) is 13.2 Å². The molecule has 0 aliphatic carbocycles. The molecule has 3 rings (SSSR count). The number of ether oxygens (including phenoxy) is 1. The summed E-state index contributed by atoms with van der Waals surface area (Å²) >= 11 is 6.08. The van der Waals surface area contributed by atoms with Crippen molar-refractivity contribution in [1.82, 2.24) is 0 Å². The fourth-order valence-electron chi connectivity index (χ4n) is 2.17. The normalized spacial score (nSPS) is 10.6. The Kier molecular flexibility index (Phi) is 3.69. The van der Waals surface area contributed by atoms with E-state index in [4.69, 9.17) is 16.0 Å². The lowest BCUT2D eigenvalue weighted by molar-refractivity contribution is 0.0601. The second-order valence-electron chi connectivity index (χ2n) is 4.66. The molecular formula is C17H11ClO4. The summed E-state index contributed by atoms with van der Waals surface area (Å²) in [4.78, 5) is 23.6. The molecule has 0 atom stereocenters. The monoisotopic (exact) mass is 314 g/mol. The summed E-state index contributed by atoms with van der Waals surface area (Å²) in [5.41, 5.74) is 1.28. The molecule has 0 saturated heterocycles. The molecular weight excluding hydrogens is 304 g/mol. The minimum Gasteiger partial charge on any atom is -0.465 e. The highest BCUT2D eigenvalue weighted by molar-refractivity contribution is 6.34. The highest BCUT2D eigenvalue weighted by atomic mass is 35.5. The number of hydrogen-bond donors (Lipinski definition) is 0. The van der Waals surface area contributed by atoms with Crippen LogP contribution in [0.15, 0.2) is 57.7 Å². The van der Waals surface area contributed by atoms with E-state index in [2.05, 4.69) is 4.74 Å². The molecule has 2 aromatic carbocycles. The van der Waals surface area contributed by atoms with Gasteiger partial charge in [0.15, 0.2) is 11.0 Å². The summed E-state index contributed by atoms with van der Waals surface area (Å²) in [5, 5.41) is 0.810. The molecule has 0 amide bonds. The van der Waals surface area contributed by atoms with Crippen LogP contribution in [0.4, 0.5) is 0 Å². The van der Waals surface area contributed by atoms with E-state index in [1.54, 1.807) is 42.5 Å². The second kappa shape index (κ2) is 5.66. The first-order chi connectivity index (χ1) is 10.6. The molecule has 22 heavy (non-hydrogen) atoms. The molecule has 0 spiro atoms. The fraction of sp³-hybridized carbons (Fsp3) is 0.0588. The van der Waals surface area contributed by atoms with E-state index >= 15 is 0 Å². The number of rotatable bonds is 2. The van der Waals surface area contributed by atoms with Gasteiger partial charge >= 0.3 is 5.97 Å². The minimum absolute atomic E-state index is 0.171. The fourth-order valence-corrected chi connectivity index (χ4v) is 2.39. The number of carbonyl (C=O) groups excluding carboxylic acids is 1. The standard InChI is InChI=1S/C17H11ClO4/c1-21-17(20)11-7-5-10(6-8-11)15-9-14(19)12-3-2-4-13(18)16(12)22-15/h2-9H,1H3. The van der Waals surface area contributed by atoms with Crippen LogP contribution in [0.3, 0.4) is 0 Å². The van der Waals surface area contributed by atoms with Gasteiger partial charge in [0.1, 0.15) is 5.76 Å². The van der Waals surface area contributed by atoms with E-state index in [-0.39, 0.29) is 5.43 Å². The summed E-state index contributed by atoms with van der Waals surface area (Å²) in [6.45, 7) is 0. The van der Waals surface area contributed by atoms with Gasteiger partial charge in [-0.1, -0.05) is 29.8 Å². The molecule has 0 aliphatic rings. The van der Waals surface area contributed by atoms with Crippen molar-refractivity contribution in [3.8, 4) is 11.3 Å². The molecule has 0 bridgehead atoms. The maximum Gasteiger partial charge on any atom is 0.337 e. The first-order valence-electron chi connectivity index (χ1n) is 6.51. The predicted octanol–water partition coefficient (Wildman–Crippen LogP) is 3.90. The van der Waals surface area contributed by atoms with Crippen LogP contribution in [-0.2, 0) is 4.74 Å². The molecule has 0 fully saturated rings. The number of fused-ring (bicyclic) bond motifs is 1. The van der Waals surface area contributed by atoms with Gasteiger partial charge in [0, 0.05) is 11.6 Å². The molecule has 0 unspecified atom stereocenters. The van der Waals surface area contributed by atoms with Gasteiger partial charge in [0.05, 0.1) is 23.1 Å². The van der Waals surface area contributed by atoms with Crippen LogP contribution in [0.5, 0.6) is 0 Å².